The van der Waals surface area contributed by atoms with E-state index in [1.54, 1.807) is 0 Å². The number of nitrogens with one attached hydrogen (secondary N) is 1. The minimum Gasteiger partial charge on any atom is -0.339 e. The molecule has 0 aromatic carbocycles. The van der Waals surface area contributed by atoms with Crippen molar-refractivity contribution >= 4 is 0 Å². The van der Waals surface area contributed by atoms with E-state index in [4.69, 9.17) is 4.52 Å². The quantitative estimate of drug-likeness (QED) is 0.774. The van der Waals surface area contributed by atoms with Gasteiger partial charge in [0.25, 0.3) is 0 Å². The van der Waals surface area contributed by atoms with Crippen LogP contribution >= 0.6 is 0 Å². The summed E-state index contributed by atoms with van der Waals surface area (Å²) in [6, 6.07) is 2.13. The Bertz CT molecular complexity index is 502. The van der Waals surface area contributed by atoms with Crippen molar-refractivity contribution in [2.24, 2.45) is 7.05 Å². The van der Waals surface area contributed by atoms with Crippen molar-refractivity contribution in [3.8, 4) is 0 Å². The molecule has 0 amide bonds. The molecule has 0 bridgehead atoms. The highest BCUT2D eigenvalue weighted by molar-refractivity contribution is 5.09. The Kier molecular flexibility index (Phi) is 4.09. The molecule has 0 saturated heterocycles. The fourth-order valence-corrected chi connectivity index (χ4v) is 1.76. The van der Waals surface area contributed by atoms with E-state index in [1.165, 1.54) is 5.69 Å². The zero-order valence-electron chi connectivity index (χ0n) is 11.1. The Morgan fingerprint density at radius 2 is 2.28 bits per heavy atom. The normalized spacial score (nSPS) is 11.1. The molecule has 6 nitrogen and oxygen atoms in total. The van der Waals surface area contributed by atoms with E-state index in [0.29, 0.717) is 11.7 Å². The zero-order valence-corrected chi connectivity index (χ0v) is 11.1. The molecule has 0 unspecified atom stereocenters. The standard InChI is InChI=1S/C12H19N5O/c1-4-10-7-11(17(3)15-10)8-13-6-5-12-14-9(2)16-18-12/h7,13H,4-6,8H2,1-3H3. The summed E-state index contributed by atoms with van der Waals surface area (Å²) in [5.74, 6) is 1.36. The van der Waals surface area contributed by atoms with Crippen LogP contribution in [0.5, 0.6) is 0 Å². The second kappa shape index (κ2) is 5.77. The van der Waals surface area contributed by atoms with Gasteiger partial charge in [0.05, 0.1) is 11.4 Å². The molecular weight excluding hydrogens is 230 g/mol. The van der Waals surface area contributed by atoms with Gasteiger partial charge in [0.2, 0.25) is 5.89 Å². The van der Waals surface area contributed by atoms with Crippen molar-refractivity contribution in [3.63, 3.8) is 0 Å². The summed E-state index contributed by atoms with van der Waals surface area (Å²) in [6.45, 7) is 5.55. The Hall–Kier alpha value is -1.69. The number of nitrogens with zero attached hydrogens (tertiary/aromatic N) is 4. The summed E-state index contributed by atoms with van der Waals surface area (Å²) in [4.78, 5) is 4.15. The summed E-state index contributed by atoms with van der Waals surface area (Å²) < 4.78 is 6.96. The van der Waals surface area contributed by atoms with E-state index in [0.717, 1.165) is 31.6 Å². The van der Waals surface area contributed by atoms with E-state index in [-0.39, 0.29) is 0 Å². The molecule has 2 rings (SSSR count). The molecule has 98 valence electrons. The van der Waals surface area contributed by atoms with Gasteiger partial charge in [-0.05, 0) is 19.4 Å². The molecule has 0 aliphatic carbocycles. The predicted molar refractivity (Wildman–Crippen MR) is 67.0 cm³/mol. The second-order valence-electron chi connectivity index (χ2n) is 4.27. The molecule has 0 spiro atoms. The Balaban J connectivity index is 1.76. The third-order valence-electron chi connectivity index (χ3n) is 2.78. The number of aromatic nitrogens is 4. The average molecular weight is 249 g/mol. The van der Waals surface area contributed by atoms with Crippen LogP contribution in [-0.4, -0.2) is 26.5 Å². The van der Waals surface area contributed by atoms with Crippen LogP contribution in [-0.2, 0) is 26.4 Å². The van der Waals surface area contributed by atoms with E-state index in [9.17, 15) is 0 Å². The van der Waals surface area contributed by atoms with Crippen LogP contribution in [0.2, 0.25) is 0 Å². The van der Waals surface area contributed by atoms with Gasteiger partial charge in [-0.15, -0.1) is 0 Å². The molecular formula is C12H19N5O. The van der Waals surface area contributed by atoms with Gasteiger partial charge in [0.1, 0.15) is 0 Å². The Morgan fingerprint density at radius 3 is 2.89 bits per heavy atom. The Morgan fingerprint density at radius 1 is 1.44 bits per heavy atom. The van der Waals surface area contributed by atoms with Gasteiger partial charge >= 0.3 is 0 Å². The largest absolute Gasteiger partial charge is 0.339 e. The van der Waals surface area contributed by atoms with Gasteiger partial charge in [-0.1, -0.05) is 12.1 Å². The highest BCUT2D eigenvalue weighted by atomic mass is 16.5. The van der Waals surface area contributed by atoms with Gasteiger partial charge in [-0.3, -0.25) is 4.68 Å². The summed E-state index contributed by atoms with van der Waals surface area (Å²) >= 11 is 0. The summed E-state index contributed by atoms with van der Waals surface area (Å²) in [6.07, 6.45) is 1.72. The van der Waals surface area contributed by atoms with Gasteiger partial charge in [-0.25, -0.2) is 0 Å². The van der Waals surface area contributed by atoms with E-state index in [2.05, 4.69) is 33.5 Å². The first-order valence-electron chi connectivity index (χ1n) is 6.20. The third-order valence-corrected chi connectivity index (χ3v) is 2.78. The second-order valence-corrected chi connectivity index (χ2v) is 4.27. The summed E-state index contributed by atoms with van der Waals surface area (Å²) in [7, 11) is 1.97. The van der Waals surface area contributed by atoms with Crippen molar-refractivity contribution in [3.05, 3.63) is 29.2 Å². The van der Waals surface area contributed by atoms with E-state index in [1.807, 2.05) is 18.7 Å². The van der Waals surface area contributed by atoms with Gasteiger partial charge in [0, 0.05) is 26.6 Å². The minimum absolute atomic E-state index is 0.680. The molecule has 0 aliphatic rings. The Labute approximate surface area is 106 Å². The average Bonchev–Trinajstić information content (AvgIpc) is 2.91. The maximum atomic E-state index is 5.04. The third kappa shape index (κ3) is 3.16. The molecule has 0 radical (unpaired) electrons. The van der Waals surface area contributed by atoms with Gasteiger partial charge < -0.3 is 9.84 Å². The van der Waals surface area contributed by atoms with Gasteiger partial charge in [-0.2, -0.15) is 10.1 Å². The van der Waals surface area contributed by atoms with Crippen molar-refractivity contribution < 1.29 is 4.52 Å². The first-order chi connectivity index (χ1) is 8.69. The minimum atomic E-state index is 0.680. The smallest absolute Gasteiger partial charge is 0.227 e. The highest BCUT2D eigenvalue weighted by Crippen LogP contribution is 2.03. The van der Waals surface area contributed by atoms with Crippen molar-refractivity contribution in [1.82, 2.24) is 25.2 Å². The number of aryl methyl sites for hydroxylation is 3. The first kappa shape index (κ1) is 12.8. The first-order valence-corrected chi connectivity index (χ1v) is 6.20. The lowest BCUT2D eigenvalue weighted by molar-refractivity contribution is 0.372. The van der Waals surface area contributed by atoms with E-state index >= 15 is 0 Å². The SMILES string of the molecule is CCc1cc(CNCCc2nc(C)no2)n(C)n1. The fraction of sp³-hybridized carbons (Fsp3) is 0.583. The molecule has 0 aliphatic heterocycles. The topological polar surface area (TPSA) is 68.8 Å². The lowest BCUT2D eigenvalue weighted by Gasteiger charge is -2.02. The van der Waals surface area contributed by atoms with Crippen LogP contribution in [0.25, 0.3) is 0 Å². The van der Waals surface area contributed by atoms with Gasteiger partial charge in [0.15, 0.2) is 5.82 Å². The number of hydrogen-bond acceptors (Lipinski definition) is 5. The van der Waals surface area contributed by atoms with Crippen molar-refractivity contribution in [2.45, 2.75) is 33.2 Å². The van der Waals surface area contributed by atoms with Crippen molar-refractivity contribution in [1.29, 1.82) is 0 Å². The maximum Gasteiger partial charge on any atom is 0.227 e. The highest BCUT2D eigenvalue weighted by Gasteiger charge is 2.04. The van der Waals surface area contributed by atoms with Crippen LogP contribution in [0.15, 0.2) is 10.6 Å². The van der Waals surface area contributed by atoms with Crippen LogP contribution in [0.1, 0.15) is 30.0 Å². The fourth-order valence-electron chi connectivity index (χ4n) is 1.76. The lowest BCUT2D eigenvalue weighted by atomic mass is 10.3. The van der Waals surface area contributed by atoms with Crippen LogP contribution in [0.4, 0.5) is 0 Å². The molecule has 2 aromatic heterocycles. The van der Waals surface area contributed by atoms with E-state index < -0.39 is 0 Å². The predicted octanol–water partition coefficient (Wildman–Crippen LogP) is 1.01. The zero-order chi connectivity index (χ0) is 13.0. The van der Waals surface area contributed by atoms with Crippen molar-refractivity contribution in [2.75, 3.05) is 6.54 Å². The monoisotopic (exact) mass is 249 g/mol. The molecule has 6 heteroatoms. The van der Waals surface area contributed by atoms with Crippen LogP contribution < -0.4 is 5.32 Å². The molecule has 0 saturated carbocycles. The number of rotatable bonds is 6. The molecule has 2 heterocycles. The summed E-state index contributed by atoms with van der Waals surface area (Å²) in [5.41, 5.74) is 2.32. The maximum absolute atomic E-state index is 5.04. The molecule has 2 aromatic rings. The van der Waals surface area contributed by atoms with Crippen LogP contribution in [0.3, 0.4) is 0 Å². The summed E-state index contributed by atoms with van der Waals surface area (Å²) in [5, 5.41) is 11.5. The van der Waals surface area contributed by atoms with Crippen LogP contribution in [0, 0.1) is 6.92 Å². The number of hydrogen-bond donors (Lipinski definition) is 1. The molecule has 18 heavy (non-hydrogen) atoms. The lowest BCUT2D eigenvalue weighted by Crippen LogP contribution is -2.18. The molecule has 0 fully saturated rings. The molecule has 1 N–H and O–H groups in total. The molecule has 0 atom stereocenters.